The van der Waals surface area contributed by atoms with Crippen LogP contribution in [0.1, 0.15) is 46.6 Å². The topological polar surface area (TPSA) is 110 Å². The quantitative estimate of drug-likeness (QED) is 0.125. The van der Waals surface area contributed by atoms with Gasteiger partial charge in [0, 0.05) is 28.7 Å². The van der Waals surface area contributed by atoms with Gasteiger partial charge in [-0.3, -0.25) is 24.1 Å². The summed E-state index contributed by atoms with van der Waals surface area (Å²) >= 11 is 3.28. The number of hydrogen-bond donors (Lipinski definition) is 1. The number of Topliss-reactive ketones (excluding diaryl/α,β-unsaturated/α-hetero) is 1. The smallest absolute Gasteiger partial charge is 0.238 e. The van der Waals surface area contributed by atoms with Crippen LogP contribution < -0.4 is 14.4 Å². The van der Waals surface area contributed by atoms with Gasteiger partial charge in [0.25, 0.3) is 0 Å². The number of ether oxygens (including phenoxy) is 2. The van der Waals surface area contributed by atoms with Crippen molar-refractivity contribution in [1.29, 1.82) is 0 Å². The molecule has 1 fully saturated rings. The number of aryl methyl sites for hydroxylation is 2. The van der Waals surface area contributed by atoms with E-state index in [0.29, 0.717) is 45.9 Å². The van der Waals surface area contributed by atoms with E-state index in [1.807, 2.05) is 60.7 Å². The van der Waals surface area contributed by atoms with Gasteiger partial charge in [-0.2, -0.15) is 0 Å². The zero-order valence-corrected chi connectivity index (χ0v) is 29.0. The largest absolute Gasteiger partial charge is 0.507 e. The average molecular weight is 721 g/mol. The molecule has 0 spiro atoms. The van der Waals surface area contributed by atoms with Gasteiger partial charge in [0.15, 0.2) is 11.6 Å². The van der Waals surface area contributed by atoms with Gasteiger partial charge in [0.1, 0.15) is 17.2 Å². The summed E-state index contributed by atoms with van der Waals surface area (Å²) in [7, 11) is 3.21. The molecule has 1 N–H and O–H groups in total. The highest BCUT2D eigenvalue weighted by atomic mass is 79.9. The average Bonchev–Trinajstić information content (AvgIpc) is 3.36. The van der Waals surface area contributed by atoms with Gasteiger partial charge >= 0.3 is 0 Å². The number of ketones is 2. The van der Waals surface area contributed by atoms with Crippen molar-refractivity contribution in [1.82, 2.24) is 0 Å². The Labute approximate surface area is 292 Å². The van der Waals surface area contributed by atoms with Gasteiger partial charge in [-0.1, -0.05) is 48.1 Å². The number of benzene rings is 3. The van der Waals surface area contributed by atoms with Crippen molar-refractivity contribution in [3.63, 3.8) is 0 Å². The summed E-state index contributed by atoms with van der Waals surface area (Å²) in [6.45, 7) is 3.59. The zero-order chi connectivity index (χ0) is 34.7. The van der Waals surface area contributed by atoms with E-state index in [4.69, 9.17) is 9.47 Å². The molecular formula is C40H34BrNO7. The minimum absolute atomic E-state index is 0.172. The monoisotopic (exact) mass is 719 g/mol. The first-order valence-electron chi connectivity index (χ1n) is 16.1. The van der Waals surface area contributed by atoms with Crippen molar-refractivity contribution in [3.8, 4) is 17.2 Å². The van der Waals surface area contributed by atoms with E-state index in [2.05, 4.69) is 15.9 Å². The number of halogens is 1. The first-order valence-corrected chi connectivity index (χ1v) is 16.9. The Hall–Kier alpha value is -5.02. The lowest BCUT2D eigenvalue weighted by Gasteiger charge is -2.42. The summed E-state index contributed by atoms with van der Waals surface area (Å²) in [5, 5.41) is 10.5. The molecule has 3 aliphatic carbocycles. The Bertz CT molecular complexity index is 2060. The number of anilines is 1. The summed E-state index contributed by atoms with van der Waals surface area (Å²) in [4.78, 5) is 56.6. The lowest BCUT2D eigenvalue weighted by molar-refractivity contribution is -0.123. The number of phenolic OH excluding ortho intramolecular Hbond substituents is 1. The fourth-order valence-electron chi connectivity index (χ4n) is 7.89. The lowest BCUT2D eigenvalue weighted by atomic mass is 9.59. The number of phenols is 1. The molecule has 1 heterocycles. The van der Waals surface area contributed by atoms with Crippen LogP contribution in [-0.4, -0.2) is 42.7 Å². The summed E-state index contributed by atoms with van der Waals surface area (Å²) in [6, 6.07) is 16.4. The second-order valence-corrected chi connectivity index (χ2v) is 13.8. The Kier molecular flexibility index (Phi) is 8.27. The Morgan fingerprint density at radius 1 is 0.878 bits per heavy atom. The number of rotatable bonds is 6. The lowest BCUT2D eigenvalue weighted by Crippen LogP contribution is -2.39. The number of carbonyl (C=O) groups is 4. The van der Waals surface area contributed by atoms with E-state index < -0.39 is 23.7 Å². The molecule has 248 valence electrons. The zero-order valence-electron chi connectivity index (χ0n) is 27.5. The van der Waals surface area contributed by atoms with Gasteiger partial charge in [0.05, 0.1) is 36.2 Å². The molecule has 0 saturated carbocycles. The van der Waals surface area contributed by atoms with E-state index in [1.165, 1.54) is 11.0 Å². The SMILES string of the molecule is COc1ccc(OC)c(C=Cc2ccc(N3C(=O)C4CC=C5C(c6cc(C)c(O)c(C)c6)C6=C(CC5C4C3=O)C(=O)C(Br)=CC6=O)cc2)c1. The third kappa shape index (κ3) is 5.37. The molecular weight excluding hydrogens is 686 g/mol. The van der Waals surface area contributed by atoms with Crippen molar-refractivity contribution < 1.29 is 33.8 Å². The minimum Gasteiger partial charge on any atom is -0.507 e. The van der Waals surface area contributed by atoms with Crippen LogP contribution in [0.15, 0.2) is 88.0 Å². The number of imide groups is 1. The highest BCUT2D eigenvalue weighted by Gasteiger charge is 2.56. The summed E-state index contributed by atoms with van der Waals surface area (Å²) in [5.41, 5.74) is 5.90. The van der Waals surface area contributed by atoms with E-state index in [1.54, 1.807) is 40.2 Å². The molecule has 3 aromatic carbocycles. The predicted octanol–water partition coefficient (Wildman–Crippen LogP) is 7.16. The molecule has 0 aromatic heterocycles. The van der Waals surface area contributed by atoms with Crippen LogP contribution in [0.5, 0.6) is 17.2 Å². The number of amides is 2. The molecule has 0 radical (unpaired) electrons. The van der Waals surface area contributed by atoms with Crippen molar-refractivity contribution >= 4 is 57.2 Å². The minimum atomic E-state index is -0.684. The fraction of sp³-hybridized carbons (Fsp3) is 0.250. The van der Waals surface area contributed by atoms with Crippen LogP contribution in [0.2, 0.25) is 0 Å². The summed E-state index contributed by atoms with van der Waals surface area (Å²) in [6.07, 6.45) is 7.68. The molecule has 3 aromatic rings. The normalized spacial score (nSPS) is 23.3. The summed E-state index contributed by atoms with van der Waals surface area (Å²) in [5.74, 6) is -1.83. The maximum absolute atomic E-state index is 14.3. The van der Waals surface area contributed by atoms with Crippen LogP contribution in [-0.2, 0) is 19.2 Å². The second kappa shape index (κ2) is 12.5. The first-order chi connectivity index (χ1) is 23.5. The van der Waals surface area contributed by atoms with E-state index in [0.717, 1.165) is 22.3 Å². The Morgan fingerprint density at radius 3 is 2.27 bits per heavy atom. The van der Waals surface area contributed by atoms with Gasteiger partial charge in [-0.05, 0) is 101 Å². The molecule has 1 aliphatic heterocycles. The highest BCUT2D eigenvalue weighted by Crippen LogP contribution is 2.56. The molecule has 2 amide bonds. The molecule has 49 heavy (non-hydrogen) atoms. The van der Waals surface area contributed by atoms with Gasteiger partial charge in [-0.25, -0.2) is 0 Å². The Balaban J connectivity index is 1.22. The molecule has 9 heteroatoms. The highest BCUT2D eigenvalue weighted by molar-refractivity contribution is 9.12. The van der Waals surface area contributed by atoms with E-state index >= 15 is 0 Å². The maximum atomic E-state index is 14.3. The van der Waals surface area contributed by atoms with Crippen LogP contribution in [0, 0.1) is 31.6 Å². The number of methoxy groups -OCH3 is 2. The standard InChI is InChI=1S/C40H34BrNO7/c1-20-15-24(16-21(2)37(20)44)34-27-12-13-28-35(29(27)18-30-36(34)32(43)19-31(41)38(30)45)40(47)42(39(28)46)25-9-6-22(7-10-25)5-8-23-17-26(48-3)11-14-33(23)49-4/h5-12,14-17,19,28-29,34-35,44H,13,18H2,1-4H3. The molecule has 4 atom stereocenters. The molecule has 4 aliphatic rings. The number of fused-ring (bicyclic) bond motifs is 3. The van der Waals surface area contributed by atoms with Gasteiger partial charge < -0.3 is 14.6 Å². The third-order valence-electron chi connectivity index (χ3n) is 10.2. The fourth-order valence-corrected chi connectivity index (χ4v) is 8.33. The number of nitrogens with zero attached hydrogens (tertiary/aromatic N) is 1. The molecule has 0 bridgehead atoms. The van der Waals surface area contributed by atoms with Crippen LogP contribution >= 0.6 is 15.9 Å². The van der Waals surface area contributed by atoms with Gasteiger partial charge in [0.2, 0.25) is 11.8 Å². The first kappa shape index (κ1) is 32.5. The molecule has 1 saturated heterocycles. The Morgan fingerprint density at radius 2 is 1.59 bits per heavy atom. The number of carbonyl (C=O) groups excluding carboxylic acids is 4. The van der Waals surface area contributed by atoms with Crippen LogP contribution in [0.4, 0.5) is 5.69 Å². The second-order valence-electron chi connectivity index (χ2n) is 12.9. The van der Waals surface area contributed by atoms with Crippen molar-refractivity contribution in [2.45, 2.75) is 32.6 Å². The third-order valence-corrected chi connectivity index (χ3v) is 10.8. The maximum Gasteiger partial charge on any atom is 0.238 e. The van der Waals surface area contributed by atoms with E-state index in [-0.39, 0.29) is 40.0 Å². The molecule has 4 unspecified atom stereocenters. The van der Waals surface area contributed by atoms with Crippen LogP contribution in [0.25, 0.3) is 12.2 Å². The van der Waals surface area contributed by atoms with Crippen molar-refractivity contribution in [2.75, 3.05) is 19.1 Å². The number of hydrogen-bond acceptors (Lipinski definition) is 7. The van der Waals surface area contributed by atoms with E-state index in [9.17, 15) is 24.3 Å². The number of allylic oxidation sites excluding steroid dienone is 6. The predicted molar refractivity (Wildman–Crippen MR) is 190 cm³/mol. The summed E-state index contributed by atoms with van der Waals surface area (Å²) < 4.78 is 11.0. The number of aromatic hydroxyl groups is 1. The van der Waals surface area contributed by atoms with Crippen LogP contribution in [0.3, 0.4) is 0 Å². The molecule has 7 rings (SSSR count). The van der Waals surface area contributed by atoms with Crippen molar-refractivity contribution in [3.05, 3.63) is 116 Å². The van der Waals surface area contributed by atoms with Gasteiger partial charge in [-0.15, -0.1) is 0 Å². The molecule has 8 nitrogen and oxygen atoms in total. The van der Waals surface area contributed by atoms with Crippen molar-refractivity contribution in [2.24, 2.45) is 17.8 Å².